The van der Waals surface area contributed by atoms with Gasteiger partial charge in [0.15, 0.2) is 0 Å². The maximum absolute atomic E-state index is 9.02. The molecule has 0 bridgehead atoms. The van der Waals surface area contributed by atoms with Crippen molar-refractivity contribution in [3.05, 3.63) is 0 Å². The van der Waals surface area contributed by atoms with Gasteiger partial charge in [0.05, 0.1) is 12.0 Å². The number of nitriles is 1. The van der Waals surface area contributed by atoms with E-state index in [9.17, 15) is 0 Å². The van der Waals surface area contributed by atoms with E-state index in [1.165, 1.54) is 32.1 Å². The van der Waals surface area contributed by atoms with Crippen LogP contribution in [-0.2, 0) is 0 Å². The molecule has 0 radical (unpaired) electrons. The molecule has 0 aromatic carbocycles. The van der Waals surface area contributed by atoms with Gasteiger partial charge >= 0.3 is 0 Å². The number of hydrogen-bond acceptors (Lipinski definition) is 2. The fourth-order valence-electron chi connectivity index (χ4n) is 3.20. The van der Waals surface area contributed by atoms with Crippen molar-refractivity contribution in [1.82, 2.24) is 5.32 Å². The van der Waals surface area contributed by atoms with E-state index in [4.69, 9.17) is 5.26 Å². The highest BCUT2D eigenvalue weighted by molar-refractivity contribution is 4.99. The molecular weight excluding hydrogens is 184 g/mol. The van der Waals surface area contributed by atoms with Crippen LogP contribution in [0.1, 0.15) is 52.4 Å². The Hall–Kier alpha value is -0.550. The van der Waals surface area contributed by atoms with E-state index in [2.05, 4.69) is 25.2 Å². The normalized spacial score (nSPS) is 39.1. The average molecular weight is 206 g/mol. The van der Waals surface area contributed by atoms with Gasteiger partial charge in [0, 0.05) is 12.1 Å². The summed E-state index contributed by atoms with van der Waals surface area (Å²) in [7, 11) is 0. The van der Waals surface area contributed by atoms with Crippen molar-refractivity contribution in [2.45, 2.75) is 64.5 Å². The molecule has 2 saturated carbocycles. The first kappa shape index (κ1) is 11.0. The summed E-state index contributed by atoms with van der Waals surface area (Å²) in [4.78, 5) is 0. The highest BCUT2D eigenvalue weighted by Crippen LogP contribution is 2.38. The van der Waals surface area contributed by atoms with Crippen molar-refractivity contribution in [1.29, 1.82) is 5.26 Å². The van der Waals surface area contributed by atoms with Gasteiger partial charge in [0.25, 0.3) is 0 Å². The second kappa shape index (κ2) is 4.14. The van der Waals surface area contributed by atoms with Crippen molar-refractivity contribution in [2.75, 3.05) is 0 Å². The standard InChI is InChI=1S/C13H22N2/c1-13(2)7-6-11(8-13)15-12-5-3-4-10(12)9-14/h10-12,15H,3-8H2,1-2H3. The van der Waals surface area contributed by atoms with Crippen molar-refractivity contribution in [2.24, 2.45) is 11.3 Å². The van der Waals surface area contributed by atoms with Crippen LogP contribution in [0.25, 0.3) is 0 Å². The van der Waals surface area contributed by atoms with Crippen LogP contribution in [0.15, 0.2) is 0 Å². The van der Waals surface area contributed by atoms with E-state index >= 15 is 0 Å². The Bertz CT molecular complexity index is 264. The molecule has 0 heterocycles. The first-order valence-electron chi connectivity index (χ1n) is 6.26. The minimum Gasteiger partial charge on any atom is -0.310 e. The van der Waals surface area contributed by atoms with Crippen molar-refractivity contribution >= 4 is 0 Å². The monoisotopic (exact) mass is 206 g/mol. The molecule has 0 aliphatic heterocycles. The van der Waals surface area contributed by atoms with Gasteiger partial charge in [-0.3, -0.25) is 0 Å². The maximum Gasteiger partial charge on any atom is 0.0672 e. The highest BCUT2D eigenvalue weighted by atomic mass is 15.0. The van der Waals surface area contributed by atoms with Crippen molar-refractivity contribution < 1.29 is 0 Å². The molecule has 0 amide bonds. The van der Waals surface area contributed by atoms with Gasteiger partial charge in [0.1, 0.15) is 0 Å². The third kappa shape index (κ3) is 2.52. The fourth-order valence-corrected chi connectivity index (χ4v) is 3.20. The summed E-state index contributed by atoms with van der Waals surface area (Å²) >= 11 is 0. The zero-order chi connectivity index (χ0) is 10.9. The Kier molecular flexibility index (Phi) is 3.02. The van der Waals surface area contributed by atoms with E-state index < -0.39 is 0 Å². The van der Waals surface area contributed by atoms with Crippen LogP contribution in [0.3, 0.4) is 0 Å². The zero-order valence-electron chi connectivity index (χ0n) is 9.92. The van der Waals surface area contributed by atoms with Crippen molar-refractivity contribution in [3.8, 4) is 6.07 Å². The summed E-state index contributed by atoms with van der Waals surface area (Å²) in [5.41, 5.74) is 0.512. The quantitative estimate of drug-likeness (QED) is 0.754. The van der Waals surface area contributed by atoms with Crippen LogP contribution >= 0.6 is 0 Å². The minimum atomic E-state index is 0.272. The number of rotatable bonds is 2. The van der Waals surface area contributed by atoms with Gasteiger partial charge in [-0.25, -0.2) is 0 Å². The number of hydrogen-bond donors (Lipinski definition) is 1. The highest BCUT2D eigenvalue weighted by Gasteiger charge is 2.35. The van der Waals surface area contributed by atoms with E-state index in [1.54, 1.807) is 0 Å². The molecule has 15 heavy (non-hydrogen) atoms. The molecule has 0 aromatic heterocycles. The minimum absolute atomic E-state index is 0.272. The van der Waals surface area contributed by atoms with Crippen LogP contribution in [0.4, 0.5) is 0 Å². The summed E-state index contributed by atoms with van der Waals surface area (Å²) < 4.78 is 0. The van der Waals surface area contributed by atoms with E-state index in [0.29, 0.717) is 17.5 Å². The van der Waals surface area contributed by atoms with Gasteiger partial charge in [0.2, 0.25) is 0 Å². The zero-order valence-corrected chi connectivity index (χ0v) is 9.92. The molecule has 0 spiro atoms. The summed E-state index contributed by atoms with van der Waals surface area (Å²) in [5.74, 6) is 0.272. The predicted molar refractivity (Wildman–Crippen MR) is 61.3 cm³/mol. The van der Waals surface area contributed by atoms with Crippen LogP contribution in [0.2, 0.25) is 0 Å². The molecule has 2 heteroatoms. The predicted octanol–water partition coefficient (Wildman–Crippen LogP) is 2.85. The fraction of sp³-hybridized carbons (Fsp3) is 0.923. The lowest BCUT2D eigenvalue weighted by molar-refractivity contribution is 0.342. The first-order valence-corrected chi connectivity index (χ1v) is 6.26. The van der Waals surface area contributed by atoms with E-state index in [-0.39, 0.29) is 5.92 Å². The smallest absolute Gasteiger partial charge is 0.0672 e. The summed E-state index contributed by atoms with van der Waals surface area (Å²) in [6.45, 7) is 4.70. The van der Waals surface area contributed by atoms with Gasteiger partial charge in [-0.15, -0.1) is 0 Å². The molecular formula is C13H22N2. The van der Waals surface area contributed by atoms with Gasteiger partial charge < -0.3 is 5.32 Å². The van der Waals surface area contributed by atoms with E-state index in [1.807, 2.05) is 0 Å². The molecule has 1 N–H and O–H groups in total. The van der Waals surface area contributed by atoms with E-state index in [0.717, 1.165) is 6.42 Å². The molecule has 2 rings (SSSR count). The largest absolute Gasteiger partial charge is 0.310 e. The molecule has 0 saturated heterocycles. The third-order valence-corrected chi connectivity index (χ3v) is 4.10. The maximum atomic E-state index is 9.02. The number of nitrogens with zero attached hydrogens (tertiary/aromatic N) is 1. The van der Waals surface area contributed by atoms with Gasteiger partial charge in [-0.05, 0) is 37.5 Å². The van der Waals surface area contributed by atoms with Crippen LogP contribution in [-0.4, -0.2) is 12.1 Å². The molecule has 2 aliphatic carbocycles. The lowest BCUT2D eigenvalue weighted by Crippen LogP contribution is -2.39. The Balaban J connectivity index is 1.85. The molecule has 2 nitrogen and oxygen atoms in total. The molecule has 3 unspecified atom stereocenters. The summed E-state index contributed by atoms with van der Waals surface area (Å²) in [6, 6.07) is 3.59. The van der Waals surface area contributed by atoms with Gasteiger partial charge in [-0.2, -0.15) is 5.26 Å². The SMILES string of the molecule is CC1(C)CCC(NC2CCCC2C#N)C1. The lowest BCUT2D eigenvalue weighted by atomic mass is 9.91. The topological polar surface area (TPSA) is 35.8 Å². The Morgan fingerprint density at radius 3 is 2.67 bits per heavy atom. The molecule has 2 aliphatic rings. The van der Waals surface area contributed by atoms with Gasteiger partial charge in [-0.1, -0.05) is 20.3 Å². The Labute approximate surface area is 93.0 Å². The van der Waals surface area contributed by atoms with Crippen LogP contribution in [0.5, 0.6) is 0 Å². The molecule has 2 fully saturated rings. The molecule has 84 valence electrons. The average Bonchev–Trinajstić information content (AvgIpc) is 2.73. The third-order valence-electron chi connectivity index (χ3n) is 4.10. The Morgan fingerprint density at radius 1 is 1.27 bits per heavy atom. The van der Waals surface area contributed by atoms with Crippen LogP contribution < -0.4 is 5.32 Å². The molecule has 3 atom stereocenters. The summed E-state index contributed by atoms with van der Waals surface area (Å²) in [5, 5.41) is 12.7. The Morgan fingerprint density at radius 2 is 2.07 bits per heavy atom. The first-order chi connectivity index (χ1) is 7.11. The van der Waals surface area contributed by atoms with Crippen LogP contribution in [0, 0.1) is 22.7 Å². The lowest BCUT2D eigenvalue weighted by Gasteiger charge is -2.22. The van der Waals surface area contributed by atoms with Crippen molar-refractivity contribution in [3.63, 3.8) is 0 Å². The molecule has 0 aromatic rings. The number of nitrogens with one attached hydrogen (secondary N) is 1. The summed E-state index contributed by atoms with van der Waals surface area (Å²) in [6.07, 6.45) is 7.43. The second-order valence-corrected chi connectivity index (χ2v) is 6.04. The second-order valence-electron chi connectivity index (χ2n) is 6.04.